The summed E-state index contributed by atoms with van der Waals surface area (Å²) in [6, 6.07) is 0. The summed E-state index contributed by atoms with van der Waals surface area (Å²) < 4.78 is 37.7. The lowest BCUT2D eigenvalue weighted by atomic mass is 10.1. The Balaban J connectivity index is 2.99. The van der Waals surface area contributed by atoms with Crippen molar-refractivity contribution in [1.29, 1.82) is 0 Å². The molecule has 0 rings (SSSR count). The molecule has 0 atom stereocenters. The highest BCUT2D eigenvalue weighted by molar-refractivity contribution is 4.48. The van der Waals surface area contributed by atoms with Gasteiger partial charge in [-0.3, -0.25) is 0 Å². The second-order valence-corrected chi connectivity index (χ2v) is 7.89. The van der Waals surface area contributed by atoms with E-state index >= 15 is 0 Å². The fraction of sp³-hybridized carbons (Fsp3) is 0.923. The van der Waals surface area contributed by atoms with E-state index in [0.717, 1.165) is 13.0 Å². The third-order valence-electron chi connectivity index (χ3n) is 4.97. The van der Waals surface area contributed by atoms with Crippen LogP contribution in [0.3, 0.4) is 0 Å². The normalized spacial score (nSPS) is 11.2. The molecule has 0 aromatic heterocycles. The fourth-order valence-corrected chi connectivity index (χ4v) is 3.08. The molecule has 0 amide bonds. The van der Waals surface area contributed by atoms with Crippen LogP contribution in [-0.2, 0) is 33.2 Å². The minimum absolute atomic E-state index is 0.519. The summed E-state index contributed by atoms with van der Waals surface area (Å²) in [5, 5.41) is 0. The molecule has 7 heteroatoms. The van der Waals surface area contributed by atoms with Gasteiger partial charge >= 0.3 is 0 Å². The van der Waals surface area contributed by atoms with Crippen molar-refractivity contribution in [1.82, 2.24) is 0 Å². The van der Waals surface area contributed by atoms with E-state index in [1.165, 1.54) is 64.0 Å². The molecule has 0 spiro atoms. The Hall–Kier alpha value is -0.700. The third-order valence-corrected chi connectivity index (χ3v) is 4.97. The Bertz CT molecular complexity index is 356. The molecule has 0 aromatic rings. The van der Waals surface area contributed by atoms with E-state index in [1.54, 1.807) is 0 Å². The average Bonchev–Trinajstić information content (AvgIpc) is 2.83. The Kier molecular flexibility index (Phi) is 30.6. The van der Waals surface area contributed by atoms with E-state index in [9.17, 15) is 0 Å². The van der Waals surface area contributed by atoms with Gasteiger partial charge in [-0.05, 0) is 6.42 Å². The molecule has 0 heterocycles. The maximum Gasteiger partial charge on any atom is 0.111 e. The largest absolute Gasteiger partial charge is 0.499 e. The number of hydrogen-bond donors (Lipinski definition) is 0. The SMILES string of the molecule is C=COCCOCCOCCOCCOCCOCCOCCCCCCCCCCCC. The Labute approximate surface area is 203 Å². The molecule has 0 bridgehead atoms. The van der Waals surface area contributed by atoms with E-state index in [-0.39, 0.29) is 0 Å². The lowest BCUT2D eigenvalue weighted by Crippen LogP contribution is -2.14. The highest BCUT2D eigenvalue weighted by Gasteiger charge is 1.95. The first-order valence-corrected chi connectivity index (χ1v) is 13.1. The van der Waals surface area contributed by atoms with Gasteiger partial charge in [-0.15, -0.1) is 0 Å². The zero-order valence-electron chi connectivity index (χ0n) is 21.4. The van der Waals surface area contributed by atoms with E-state index in [0.29, 0.717) is 79.3 Å². The third kappa shape index (κ3) is 31.3. The monoisotopic (exact) mass is 476 g/mol. The van der Waals surface area contributed by atoms with Crippen LogP contribution >= 0.6 is 0 Å². The first-order chi connectivity index (χ1) is 16.4. The van der Waals surface area contributed by atoms with Crippen molar-refractivity contribution in [2.45, 2.75) is 71.1 Å². The van der Waals surface area contributed by atoms with Crippen LogP contribution in [0.5, 0.6) is 0 Å². The molecular formula is C26H52O7. The van der Waals surface area contributed by atoms with Crippen LogP contribution in [-0.4, -0.2) is 85.9 Å². The zero-order valence-corrected chi connectivity index (χ0v) is 21.4. The summed E-state index contributed by atoms with van der Waals surface area (Å²) in [7, 11) is 0. The van der Waals surface area contributed by atoms with Gasteiger partial charge in [0.05, 0.1) is 78.9 Å². The number of unbranched alkanes of at least 4 members (excludes halogenated alkanes) is 9. The Morgan fingerprint density at radius 1 is 0.394 bits per heavy atom. The standard InChI is InChI=1S/C26H52O7/c1-3-5-6-7-8-9-10-11-12-13-14-28-17-18-30-21-22-32-25-26-33-24-23-31-20-19-29-16-15-27-4-2/h4H,2-3,5-26H2,1H3. The predicted octanol–water partition coefficient (Wildman–Crippen LogP) is 5.17. The van der Waals surface area contributed by atoms with Crippen LogP contribution in [0.2, 0.25) is 0 Å². The fourth-order valence-electron chi connectivity index (χ4n) is 3.08. The molecule has 0 aliphatic rings. The summed E-state index contributed by atoms with van der Waals surface area (Å²) in [5.74, 6) is 0. The maximum absolute atomic E-state index is 5.62. The highest BCUT2D eigenvalue weighted by Crippen LogP contribution is 2.10. The predicted molar refractivity (Wildman–Crippen MR) is 133 cm³/mol. The molecule has 0 aliphatic heterocycles. The summed E-state index contributed by atoms with van der Waals surface area (Å²) in [6.45, 7) is 13.4. The lowest BCUT2D eigenvalue weighted by molar-refractivity contribution is -0.0185. The van der Waals surface area contributed by atoms with Gasteiger partial charge in [0.2, 0.25) is 0 Å². The summed E-state index contributed by atoms with van der Waals surface area (Å²) in [5.41, 5.74) is 0. The van der Waals surface area contributed by atoms with Crippen molar-refractivity contribution in [3.8, 4) is 0 Å². The molecule has 7 nitrogen and oxygen atoms in total. The molecule has 33 heavy (non-hydrogen) atoms. The van der Waals surface area contributed by atoms with Crippen LogP contribution < -0.4 is 0 Å². The van der Waals surface area contributed by atoms with Crippen molar-refractivity contribution in [2.24, 2.45) is 0 Å². The quantitative estimate of drug-likeness (QED) is 0.105. The molecule has 0 saturated heterocycles. The minimum Gasteiger partial charge on any atom is -0.499 e. The summed E-state index contributed by atoms with van der Waals surface area (Å²) >= 11 is 0. The molecule has 0 saturated carbocycles. The average molecular weight is 477 g/mol. The van der Waals surface area contributed by atoms with Gasteiger partial charge in [-0.1, -0.05) is 71.3 Å². The van der Waals surface area contributed by atoms with Crippen LogP contribution in [0.25, 0.3) is 0 Å². The van der Waals surface area contributed by atoms with E-state index in [1.807, 2.05) is 0 Å². The van der Waals surface area contributed by atoms with Crippen molar-refractivity contribution in [2.75, 3.05) is 85.9 Å². The van der Waals surface area contributed by atoms with Gasteiger partial charge in [-0.2, -0.15) is 0 Å². The van der Waals surface area contributed by atoms with Crippen LogP contribution in [0.1, 0.15) is 71.1 Å². The van der Waals surface area contributed by atoms with Crippen molar-refractivity contribution < 1.29 is 33.2 Å². The van der Waals surface area contributed by atoms with Gasteiger partial charge in [0.15, 0.2) is 0 Å². The zero-order chi connectivity index (χ0) is 23.9. The summed E-state index contributed by atoms with van der Waals surface area (Å²) in [6.07, 6.45) is 14.9. The van der Waals surface area contributed by atoms with E-state index in [4.69, 9.17) is 33.2 Å². The number of rotatable bonds is 30. The molecule has 0 aliphatic carbocycles. The van der Waals surface area contributed by atoms with E-state index < -0.39 is 0 Å². The van der Waals surface area contributed by atoms with Gasteiger partial charge in [-0.25, -0.2) is 0 Å². The Morgan fingerprint density at radius 2 is 0.697 bits per heavy atom. The molecule has 0 radical (unpaired) electrons. The molecule has 0 fully saturated rings. The van der Waals surface area contributed by atoms with Gasteiger partial charge in [0.25, 0.3) is 0 Å². The maximum atomic E-state index is 5.62. The van der Waals surface area contributed by atoms with Gasteiger partial charge < -0.3 is 33.2 Å². The first-order valence-electron chi connectivity index (χ1n) is 13.1. The molecule has 198 valence electrons. The topological polar surface area (TPSA) is 64.6 Å². The second-order valence-electron chi connectivity index (χ2n) is 7.89. The first kappa shape index (κ1) is 32.3. The molecule has 0 aromatic carbocycles. The van der Waals surface area contributed by atoms with Crippen molar-refractivity contribution in [3.63, 3.8) is 0 Å². The molecular weight excluding hydrogens is 424 g/mol. The smallest absolute Gasteiger partial charge is 0.111 e. The van der Waals surface area contributed by atoms with E-state index in [2.05, 4.69) is 13.5 Å². The Morgan fingerprint density at radius 3 is 1.06 bits per heavy atom. The van der Waals surface area contributed by atoms with Crippen LogP contribution in [0, 0.1) is 0 Å². The lowest BCUT2D eigenvalue weighted by Gasteiger charge is -2.08. The summed E-state index contributed by atoms with van der Waals surface area (Å²) in [4.78, 5) is 0. The minimum atomic E-state index is 0.519. The second kappa shape index (κ2) is 31.3. The van der Waals surface area contributed by atoms with Crippen molar-refractivity contribution in [3.05, 3.63) is 12.8 Å². The molecule has 0 N–H and O–H groups in total. The molecule has 0 unspecified atom stereocenters. The van der Waals surface area contributed by atoms with Gasteiger partial charge in [0, 0.05) is 6.61 Å². The number of ether oxygens (including phenoxy) is 7. The van der Waals surface area contributed by atoms with Gasteiger partial charge in [0.1, 0.15) is 6.61 Å². The van der Waals surface area contributed by atoms with Crippen molar-refractivity contribution >= 4 is 0 Å². The van der Waals surface area contributed by atoms with Crippen LogP contribution in [0.4, 0.5) is 0 Å². The number of hydrogen-bond acceptors (Lipinski definition) is 7. The highest BCUT2D eigenvalue weighted by atomic mass is 16.6. The van der Waals surface area contributed by atoms with Crippen LogP contribution in [0.15, 0.2) is 12.8 Å².